The smallest absolute Gasteiger partial charge is 0.387 e. The molecule has 15 heteroatoms. The van der Waals surface area contributed by atoms with Crippen molar-refractivity contribution in [1.29, 1.82) is 0 Å². The van der Waals surface area contributed by atoms with Gasteiger partial charge in [0.05, 0.1) is 19.8 Å². The molecule has 2 heterocycles. The summed E-state index contributed by atoms with van der Waals surface area (Å²) in [5.41, 5.74) is -4.42. The highest BCUT2D eigenvalue weighted by molar-refractivity contribution is 6.06. The molecule has 0 saturated heterocycles. The van der Waals surface area contributed by atoms with Gasteiger partial charge in [-0.1, -0.05) is 0 Å². The lowest BCUT2D eigenvalue weighted by Crippen LogP contribution is -2.25. The van der Waals surface area contributed by atoms with Crippen LogP contribution in [0.4, 0.5) is 27.6 Å². The minimum absolute atomic E-state index is 0.0907. The fourth-order valence-electron chi connectivity index (χ4n) is 4.14. The molecule has 1 N–H and O–H groups in total. The van der Waals surface area contributed by atoms with E-state index in [0.29, 0.717) is 0 Å². The van der Waals surface area contributed by atoms with Crippen LogP contribution in [0.2, 0.25) is 0 Å². The van der Waals surface area contributed by atoms with Gasteiger partial charge in [0, 0.05) is 36.9 Å². The Balaban J connectivity index is 1.89. The molecule has 0 aliphatic rings. The average Bonchev–Trinajstić information content (AvgIpc) is 3.19. The van der Waals surface area contributed by atoms with Crippen molar-refractivity contribution in [3.63, 3.8) is 0 Å². The molecule has 10 nitrogen and oxygen atoms in total. The number of methoxy groups -OCH3 is 2. The first-order valence-electron chi connectivity index (χ1n) is 12.8. The van der Waals surface area contributed by atoms with Gasteiger partial charge in [-0.05, 0) is 38.1 Å². The van der Waals surface area contributed by atoms with Crippen LogP contribution < -0.4 is 29.8 Å². The van der Waals surface area contributed by atoms with E-state index in [2.05, 4.69) is 15.0 Å². The highest BCUT2D eigenvalue weighted by atomic mass is 19.3. The number of pyridine rings is 1. The van der Waals surface area contributed by atoms with E-state index in [-0.39, 0.29) is 34.5 Å². The van der Waals surface area contributed by atoms with Crippen LogP contribution in [0.1, 0.15) is 24.2 Å². The molecule has 0 aliphatic carbocycles. The average molecular weight is 623 g/mol. The van der Waals surface area contributed by atoms with Crippen molar-refractivity contribution in [3.8, 4) is 40.2 Å². The summed E-state index contributed by atoms with van der Waals surface area (Å²) < 4.78 is 91.8. The number of alkyl halides is 3. The van der Waals surface area contributed by atoms with Gasteiger partial charge >= 0.3 is 6.61 Å². The number of nitrogens with zero attached hydrogens (tertiary/aromatic N) is 3. The molecular weight excluding hydrogens is 595 g/mol. The first-order chi connectivity index (χ1) is 20.7. The molecule has 0 radical (unpaired) electrons. The quantitative estimate of drug-likeness (QED) is 0.220. The Morgan fingerprint density at radius 1 is 0.977 bits per heavy atom. The van der Waals surface area contributed by atoms with Gasteiger partial charge in [0.1, 0.15) is 52.5 Å². The van der Waals surface area contributed by atoms with Gasteiger partial charge in [0.15, 0.2) is 5.82 Å². The molecule has 44 heavy (non-hydrogen) atoms. The summed E-state index contributed by atoms with van der Waals surface area (Å²) in [5, 5.41) is 2.37. The van der Waals surface area contributed by atoms with E-state index < -0.39 is 58.9 Å². The first-order valence-corrected chi connectivity index (χ1v) is 12.8. The molecule has 0 bridgehead atoms. The van der Waals surface area contributed by atoms with E-state index in [1.165, 1.54) is 47.2 Å². The third kappa shape index (κ3) is 6.93. The minimum Gasteiger partial charge on any atom is -0.497 e. The zero-order valence-electron chi connectivity index (χ0n) is 24.1. The fraction of sp³-hybridized carbons (Fsp3) is 0.276. The zero-order valence-corrected chi connectivity index (χ0v) is 24.1. The second kappa shape index (κ2) is 12.7. The van der Waals surface area contributed by atoms with Crippen LogP contribution in [0.25, 0.3) is 17.1 Å². The highest BCUT2D eigenvalue weighted by Gasteiger charge is 2.29. The largest absolute Gasteiger partial charge is 0.497 e. The van der Waals surface area contributed by atoms with Crippen molar-refractivity contribution in [2.24, 2.45) is 7.05 Å². The molecule has 234 valence electrons. The molecule has 0 atom stereocenters. The van der Waals surface area contributed by atoms with Crippen molar-refractivity contribution in [2.45, 2.75) is 26.1 Å². The number of benzene rings is 2. The number of rotatable bonds is 11. The summed E-state index contributed by atoms with van der Waals surface area (Å²) in [7, 11) is 3.83. The summed E-state index contributed by atoms with van der Waals surface area (Å²) in [6, 6.07) is 8.96. The van der Waals surface area contributed by atoms with Crippen molar-refractivity contribution in [3.05, 3.63) is 76.1 Å². The molecule has 0 aliphatic heterocycles. The van der Waals surface area contributed by atoms with Crippen LogP contribution in [-0.4, -0.2) is 53.4 Å². The topological polar surface area (TPSA) is 106 Å². The number of halogens is 5. The van der Waals surface area contributed by atoms with Crippen molar-refractivity contribution >= 4 is 11.6 Å². The Labute approximate surface area is 247 Å². The van der Waals surface area contributed by atoms with E-state index in [0.717, 1.165) is 45.8 Å². The second-order valence-corrected chi connectivity index (χ2v) is 9.90. The van der Waals surface area contributed by atoms with E-state index in [9.17, 15) is 22.8 Å². The summed E-state index contributed by atoms with van der Waals surface area (Å²) in [4.78, 5) is 31.3. The number of anilines is 1. The van der Waals surface area contributed by atoms with Gasteiger partial charge < -0.3 is 24.3 Å². The predicted molar refractivity (Wildman–Crippen MR) is 149 cm³/mol. The number of carbonyl (C=O) groups excluding carboxylic acids is 1. The van der Waals surface area contributed by atoms with Gasteiger partial charge in [0.2, 0.25) is 5.88 Å². The Morgan fingerprint density at radius 2 is 1.57 bits per heavy atom. The Bertz CT molecular complexity index is 1710. The van der Waals surface area contributed by atoms with Crippen molar-refractivity contribution < 1.29 is 45.7 Å². The predicted octanol–water partition coefficient (Wildman–Crippen LogP) is 5.51. The Hall–Kier alpha value is -5.08. The molecule has 2 aromatic heterocycles. The zero-order chi connectivity index (χ0) is 32.3. The number of ether oxygens (including phenoxy) is 4. The molecule has 0 spiro atoms. The lowest BCUT2D eigenvalue weighted by Gasteiger charge is -2.16. The number of aromatic nitrogens is 3. The third-order valence-corrected chi connectivity index (χ3v) is 6.11. The van der Waals surface area contributed by atoms with Gasteiger partial charge in [-0.3, -0.25) is 14.3 Å². The first kappa shape index (κ1) is 31.8. The molecule has 4 rings (SSSR count). The number of amides is 1. The van der Waals surface area contributed by atoms with E-state index in [1.54, 1.807) is 0 Å². The summed E-state index contributed by atoms with van der Waals surface area (Å²) in [6.45, 7) is -0.915. The molecule has 0 unspecified atom stereocenters. The highest BCUT2D eigenvalue weighted by Crippen LogP contribution is 2.35. The maximum atomic E-state index is 15.4. The number of hydrogen-bond acceptors (Lipinski definition) is 7. The molecule has 1 amide bonds. The van der Waals surface area contributed by atoms with Crippen LogP contribution >= 0.6 is 0 Å². The number of nitrogens with one attached hydrogen (secondary N) is 1. The van der Waals surface area contributed by atoms with Crippen molar-refractivity contribution in [1.82, 2.24) is 14.3 Å². The van der Waals surface area contributed by atoms with Crippen LogP contribution in [0.3, 0.4) is 0 Å². The minimum atomic E-state index is -3.09. The van der Waals surface area contributed by atoms with E-state index in [4.69, 9.17) is 14.2 Å². The fourth-order valence-corrected chi connectivity index (χ4v) is 4.14. The summed E-state index contributed by atoms with van der Waals surface area (Å²) in [6.07, 6.45) is 0. The molecule has 0 fully saturated rings. The van der Waals surface area contributed by atoms with Crippen LogP contribution in [0, 0.1) is 11.6 Å². The van der Waals surface area contributed by atoms with Gasteiger partial charge in [-0.15, -0.1) is 0 Å². The third-order valence-electron chi connectivity index (χ3n) is 6.11. The lowest BCUT2D eigenvalue weighted by molar-refractivity contribution is -0.0498. The van der Waals surface area contributed by atoms with Gasteiger partial charge in [-0.25, -0.2) is 13.2 Å². The molecular formula is C29H27F5N4O6. The second-order valence-electron chi connectivity index (χ2n) is 9.90. The van der Waals surface area contributed by atoms with E-state index >= 15 is 8.78 Å². The van der Waals surface area contributed by atoms with Crippen LogP contribution in [0.15, 0.2) is 53.3 Å². The van der Waals surface area contributed by atoms with E-state index in [1.807, 2.05) is 0 Å². The number of carbonyl (C=O) groups is 1. The maximum Gasteiger partial charge on any atom is 0.387 e. The van der Waals surface area contributed by atoms with Gasteiger partial charge in [-0.2, -0.15) is 18.4 Å². The Morgan fingerprint density at radius 3 is 2.11 bits per heavy atom. The number of hydrogen-bond donors (Lipinski definition) is 1. The molecule has 4 aromatic rings. The molecule has 2 aromatic carbocycles. The SMILES string of the molecule is COc1cc(OCC(C)(C)F)nc(-n2c(=O)c(NC(=O)c3ccc(OC(F)F)cc3)c(-c3c(F)cc(OC)cc3F)n2C)c1. The summed E-state index contributed by atoms with van der Waals surface area (Å²) >= 11 is 0. The van der Waals surface area contributed by atoms with Crippen LogP contribution in [-0.2, 0) is 7.05 Å². The molecule has 0 saturated carbocycles. The lowest BCUT2D eigenvalue weighted by atomic mass is 10.1. The standard InChI is InChI=1S/C29H27F5N4O6/c1-29(2,34)14-43-22-13-18(42-5)12-21(35-22)38-27(40)24(36-26(39)15-6-8-16(9-7-15)44-28(32)33)25(37(38)3)23-19(30)10-17(41-4)11-20(23)31/h6-13,28H,14H2,1-5H3,(H,36,39). The monoisotopic (exact) mass is 622 g/mol. The normalized spacial score (nSPS) is 11.4. The summed E-state index contributed by atoms with van der Waals surface area (Å²) in [5.74, 6) is -3.65. The van der Waals surface area contributed by atoms with Crippen molar-refractivity contribution in [2.75, 3.05) is 26.1 Å². The van der Waals surface area contributed by atoms with Crippen LogP contribution in [0.5, 0.6) is 23.1 Å². The Kier molecular flexibility index (Phi) is 9.16. The van der Waals surface area contributed by atoms with Gasteiger partial charge in [0.25, 0.3) is 11.5 Å². The maximum absolute atomic E-state index is 15.4.